The fourth-order valence-corrected chi connectivity index (χ4v) is 2.99. The Balaban J connectivity index is 1.31. The number of hydrogen-bond donors (Lipinski definition) is 2. The zero-order valence-electron chi connectivity index (χ0n) is 16.5. The molecular weight excluding hydrogens is 396 g/mol. The van der Waals surface area contributed by atoms with E-state index in [2.05, 4.69) is 30.8 Å². The summed E-state index contributed by atoms with van der Waals surface area (Å²) in [5.41, 5.74) is 2.90. The van der Waals surface area contributed by atoms with Crippen LogP contribution < -0.4 is 10.6 Å². The van der Waals surface area contributed by atoms with Crippen molar-refractivity contribution in [2.75, 3.05) is 5.32 Å². The number of nitrogens with zero attached hydrogens (tertiary/aromatic N) is 6. The summed E-state index contributed by atoms with van der Waals surface area (Å²) < 4.78 is 3.27. The van der Waals surface area contributed by atoms with Crippen LogP contribution in [0.15, 0.2) is 73.6 Å². The molecule has 31 heavy (non-hydrogen) atoms. The minimum Gasteiger partial charge on any atom is -0.344 e. The van der Waals surface area contributed by atoms with Crippen LogP contribution in [0.2, 0.25) is 0 Å². The van der Waals surface area contributed by atoms with Crippen molar-refractivity contribution in [3.63, 3.8) is 0 Å². The van der Waals surface area contributed by atoms with Crippen LogP contribution in [0.5, 0.6) is 0 Å². The monoisotopic (exact) mass is 416 g/mol. The molecule has 0 spiro atoms. The Bertz CT molecular complexity index is 1160. The smallest absolute Gasteiger partial charge is 0.316 e. The van der Waals surface area contributed by atoms with Gasteiger partial charge in [0.1, 0.15) is 19.0 Å². The molecule has 2 heterocycles. The Morgan fingerprint density at radius 3 is 2.39 bits per heavy atom. The van der Waals surface area contributed by atoms with E-state index in [1.165, 1.54) is 12.7 Å². The van der Waals surface area contributed by atoms with Crippen LogP contribution in [0.3, 0.4) is 0 Å². The maximum Gasteiger partial charge on any atom is 0.316 e. The third-order valence-electron chi connectivity index (χ3n) is 4.51. The molecule has 10 heteroatoms. The van der Waals surface area contributed by atoms with Gasteiger partial charge in [-0.2, -0.15) is 5.10 Å². The molecule has 0 unspecified atom stereocenters. The van der Waals surface area contributed by atoms with Crippen molar-refractivity contribution in [3.05, 3.63) is 90.3 Å². The Morgan fingerprint density at radius 2 is 1.61 bits per heavy atom. The lowest BCUT2D eigenvalue weighted by Crippen LogP contribution is -2.35. The van der Waals surface area contributed by atoms with Gasteiger partial charge < -0.3 is 5.32 Å². The first-order valence-corrected chi connectivity index (χ1v) is 9.59. The summed E-state index contributed by atoms with van der Waals surface area (Å²) >= 11 is 0. The van der Waals surface area contributed by atoms with Gasteiger partial charge in [-0.1, -0.05) is 54.6 Å². The second kappa shape index (κ2) is 9.44. The van der Waals surface area contributed by atoms with Crippen LogP contribution in [0, 0.1) is 0 Å². The van der Waals surface area contributed by atoms with E-state index in [0.717, 1.165) is 16.7 Å². The number of amides is 2. The third-order valence-corrected chi connectivity index (χ3v) is 4.51. The van der Waals surface area contributed by atoms with Crippen LogP contribution in [0.4, 0.5) is 5.95 Å². The van der Waals surface area contributed by atoms with Gasteiger partial charge in [0.2, 0.25) is 5.95 Å². The fraction of sp³-hybridized carbons (Fsp3) is 0.143. The Kier molecular flexibility index (Phi) is 6.08. The number of carbonyl (C=O) groups excluding carboxylic acids is 2. The van der Waals surface area contributed by atoms with E-state index >= 15 is 0 Å². The number of aromatic nitrogens is 6. The standard InChI is InChI=1S/C21H20N8O2/c30-19(23-10-17-8-4-5-9-18(17)12-28-14-22-13-25-28)20(31)26-21-24-15-29(27-21)11-16-6-2-1-3-7-16/h1-9,13-15H,10-12H2,(H,23,30)(H,26,27,31). The number of nitrogens with one attached hydrogen (secondary N) is 2. The van der Waals surface area contributed by atoms with E-state index in [-0.39, 0.29) is 12.5 Å². The largest absolute Gasteiger partial charge is 0.344 e. The van der Waals surface area contributed by atoms with Crippen molar-refractivity contribution in [1.82, 2.24) is 34.8 Å². The van der Waals surface area contributed by atoms with Gasteiger partial charge in [0.05, 0.1) is 13.1 Å². The number of anilines is 1. The molecule has 0 fully saturated rings. The van der Waals surface area contributed by atoms with Crippen molar-refractivity contribution in [2.24, 2.45) is 0 Å². The SMILES string of the molecule is O=C(NCc1ccccc1Cn1cncn1)C(=O)Nc1ncn(Cc2ccccc2)n1. The minimum atomic E-state index is -0.828. The zero-order valence-corrected chi connectivity index (χ0v) is 16.5. The van der Waals surface area contributed by atoms with Gasteiger partial charge in [0.25, 0.3) is 0 Å². The van der Waals surface area contributed by atoms with Gasteiger partial charge >= 0.3 is 11.8 Å². The molecule has 2 amide bonds. The van der Waals surface area contributed by atoms with Crippen LogP contribution >= 0.6 is 0 Å². The minimum absolute atomic E-state index is 0.0719. The molecule has 0 aliphatic heterocycles. The molecule has 4 aromatic rings. The molecule has 0 radical (unpaired) electrons. The molecule has 156 valence electrons. The summed E-state index contributed by atoms with van der Waals surface area (Å²) in [6.07, 6.45) is 4.58. The van der Waals surface area contributed by atoms with Gasteiger partial charge in [-0.05, 0) is 16.7 Å². The molecule has 2 N–H and O–H groups in total. The molecule has 0 saturated heterocycles. The maximum absolute atomic E-state index is 12.2. The lowest BCUT2D eigenvalue weighted by atomic mass is 10.1. The van der Waals surface area contributed by atoms with E-state index in [1.54, 1.807) is 15.7 Å². The fourth-order valence-electron chi connectivity index (χ4n) is 2.99. The van der Waals surface area contributed by atoms with Gasteiger partial charge in [0, 0.05) is 6.54 Å². The molecule has 0 atom stereocenters. The number of rotatable bonds is 7. The highest BCUT2D eigenvalue weighted by atomic mass is 16.2. The van der Waals surface area contributed by atoms with Crippen molar-refractivity contribution in [1.29, 1.82) is 0 Å². The normalized spacial score (nSPS) is 10.6. The highest BCUT2D eigenvalue weighted by Crippen LogP contribution is 2.10. The van der Waals surface area contributed by atoms with E-state index in [0.29, 0.717) is 13.1 Å². The average molecular weight is 416 g/mol. The van der Waals surface area contributed by atoms with E-state index < -0.39 is 11.8 Å². The predicted octanol–water partition coefficient (Wildman–Crippen LogP) is 1.22. The van der Waals surface area contributed by atoms with Crippen molar-refractivity contribution < 1.29 is 9.59 Å². The molecule has 2 aromatic carbocycles. The van der Waals surface area contributed by atoms with Crippen LogP contribution in [0.25, 0.3) is 0 Å². The highest BCUT2D eigenvalue weighted by Gasteiger charge is 2.16. The second-order valence-corrected chi connectivity index (χ2v) is 6.75. The van der Waals surface area contributed by atoms with Crippen molar-refractivity contribution in [3.8, 4) is 0 Å². The topological polar surface area (TPSA) is 120 Å². The van der Waals surface area contributed by atoms with E-state index in [1.807, 2.05) is 54.6 Å². The average Bonchev–Trinajstić information content (AvgIpc) is 3.46. The summed E-state index contributed by atoms with van der Waals surface area (Å²) in [4.78, 5) is 32.4. The molecule has 2 aromatic heterocycles. The summed E-state index contributed by atoms with van der Waals surface area (Å²) in [6.45, 7) is 1.23. The van der Waals surface area contributed by atoms with Crippen molar-refractivity contribution in [2.45, 2.75) is 19.6 Å². The van der Waals surface area contributed by atoms with Crippen LogP contribution in [0.1, 0.15) is 16.7 Å². The van der Waals surface area contributed by atoms with Gasteiger partial charge in [-0.3, -0.25) is 14.9 Å². The van der Waals surface area contributed by atoms with E-state index in [9.17, 15) is 9.59 Å². The third kappa shape index (κ3) is 5.38. The Morgan fingerprint density at radius 1 is 0.839 bits per heavy atom. The second-order valence-electron chi connectivity index (χ2n) is 6.75. The van der Waals surface area contributed by atoms with E-state index in [4.69, 9.17) is 0 Å². The first-order valence-electron chi connectivity index (χ1n) is 9.59. The quantitative estimate of drug-likeness (QED) is 0.437. The Hall–Kier alpha value is -4.34. The summed E-state index contributed by atoms with van der Waals surface area (Å²) in [6, 6.07) is 17.3. The summed E-state index contributed by atoms with van der Waals surface area (Å²) in [5.74, 6) is -1.52. The first kappa shape index (κ1) is 20.0. The number of benzene rings is 2. The number of carbonyl (C=O) groups is 2. The summed E-state index contributed by atoms with van der Waals surface area (Å²) in [7, 11) is 0. The van der Waals surface area contributed by atoms with Gasteiger partial charge in [-0.25, -0.2) is 19.3 Å². The molecule has 0 saturated carbocycles. The predicted molar refractivity (Wildman–Crippen MR) is 112 cm³/mol. The zero-order chi connectivity index (χ0) is 21.5. The maximum atomic E-state index is 12.2. The summed E-state index contributed by atoms with van der Waals surface area (Å²) in [5, 5.41) is 13.3. The van der Waals surface area contributed by atoms with Crippen LogP contribution in [-0.2, 0) is 29.2 Å². The molecular formula is C21H20N8O2. The molecule has 0 aliphatic carbocycles. The molecule has 10 nitrogen and oxygen atoms in total. The lowest BCUT2D eigenvalue weighted by Gasteiger charge is -2.10. The molecule has 4 rings (SSSR count). The molecule has 0 aliphatic rings. The number of hydrogen-bond acceptors (Lipinski definition) is 6. The van der Waals surface area contributed by atoms with Gasteiger partial charge in [-0.15, -0.1) is 5.10 Å². The highest BCUT2D eigenvalue weighted by molar-refractivity contribution is 6.39. The van der Waals surface area contributed by atoms with Crippen LogP contribution in [-0.4, -0.2) is 41.3 Å². The Labute approximate surface area is 178 Å². The first-order chi connectivity index (χ1) is 15.2. The van der Waals surface area contributed by atoms with Crippen molar-refractivity contribution >= 4 is 17.8 Å². The van der Waals surface area contributed by atoms with Gasteiger partial charge in [0.15, 0.2) is 0 Å². The molecule has 0 bridgehead atoms. The lowest BCUT2D eigenvalue weighted by molar-refractivity contribution is -0.136.